The molecule has 0 aromatic rings. The Morgan fingerprint density at radius 1 is 1.50 bits per heavy atom. The fraction of sp³-hybridized carbons (Fsp3) is 0.833. The van der Waals surface area contributed by atoms with Gasteiger partial charge in [0.25, 0.3) is 0 Å². The first kappa shape index (κ1) is 14.8. The van der Waals surface area contributed by atoms with Crippen LogP contribution in [0.15, 0.2) is 0 Å². The zero-order valence-electron chi connectivity index (χ0n) is 11.2. The van der Waals surface area contributed by atoms with Gasteiger partial charge in [0.2, 0.25) is 0 Å². The van der Waals surface area contributed by atoms with E-state index in [1.54, 1.807) is 12.0 Å². The van der Waals surface area contributed by atoms with E-state index in [1.165, 1.54) is 0 Å². The first-order valence-corrected chi connectivity index (χ1v) is 6.14. The van der Waals surface area contributed by atoms with Gasteiger partial charge in [-0.2, -0.15) is 0 Å². The Morgan fingerprint density at radius 2 is 2.17 bits per heavy atom. The average Bonchev–Trinajstić information content (AvgIpc) is 2.28. The number of urea groups is 1. The Hall–Kier alpha value is -1.30. The summed E-state index contributed by atoms with van der Waals surface area (Å²) in [5, 5.41) is 11.8. The third-order valence-electron chi connectivity index (χ3n) is 3.01. The standard InChI is InChI=1S/C12H22N2O4/c1-12(2,8-18-3)13-11(17)14-6-4-5-9(7-14)10(15)16/h9H,4-8H2,1-3H3,(H,13,17)(H,15,16). The molecule has 0 saturated carbocycles. The zero-order valence-corrected chi connectivity index (χ0v) is 11.2. The van der Waals surface area contributed by atoms with E-state index >= 15 is 0 Å². The van der Waals surface area contributed by atoms with Crippen LogP contribution in [0.5, 0.6) is 0 Å². The van der Waals surface area contributed by atoms with Gasteiger partial charge in [0.15, 0.2) is 0 Å². The molecule has 6 nitrogen and oxygen atoms in total. The van der Waals surface area contributed by atoms with Crippen LogP contribution in [0.1, 0.15) is 26.7 Å². The number of rotatable bonds is 4. The molecular formula is C12H22N2O4. The van der Waals surface area contributed by atoms with E-state index in [0.29, 0.717) is 19.6 Å². The second kappa shape index (κ2) is 6.04. The van der Waals surface area contributed by atoms with E-state index in [4.69, 9.17) is 9.84 Å². The second-order valence-corrected chi connectivity index (χ2v) is 5.37. The van der Waals surface area contributed by atoms with Crippen molar-refractivity contribution in [1.29, 1.82) is 0 Å². The van der Waals surface area contributed by atoms with Crippen LogP contribution in [-0.2, 0) is 9.53 Å². The van der Waals surface area contributed by atoms with Gasteiger partial charge in [-0.3, -0.25) is 4.79 Å². The van der Waals surface area contributed by atoms with Gasteiger partial charge < -0.3 is 20.1 Å². The SMILES string of the molecule is COCC(C)(C)NC(=O)N1CCCC(C(=O)O)C1. The summed E-state index contributed by atoms with van der Waals surface area (Å²) >= 11 is 0. The first-order chi connectivity index (χ1) is 8.35. The number of carbonyl (C=O) groups is 2. The zero-order chi connectivity index (χ0) is 13.8. The molecule has 1 heterocycles. The normalized spacial score (nSPS) is 20.6. The summed E-state index contributed by atoms with van der Waals surface area (Å²) in [4.78, 5) is 24.5. The molecule has 0 bridgehead atoms. The summed E-state index contributed by atoms with van der Waals surface area (Å²) in [6.07, 6.45) is 1.37. The van der Waals surface area contributed by atoms with Crippen LogP contribution in [0.25, 0.3) is 0 Å². The molecule has 0 radical (unpaired) electrons. The van der Waals surface area contributed by atoms with Crippen molar-refractivity contribution in [2.75, 3.05) is 26.8 Å². The lowest BCUT2D eigenvalue weighted by atomic mass is 9.98. The van der Waals surface area contributed by atoms with Gasteiger partial charge in [-0.1, -0.05) is 0 Å². The molecule has 1 atom stereocenters. The number of amides is 2. The predicted octanol–water partition coefficient (Wildman–Crippen LogP) is 0.918. The Bertz CT molecular complexity index is 317. The van der Waals surface area contributed by atoms with Gasteiger partial charge >= 0.3 is 12.0 Å². The lowest BCUT2D eigenvalue weighted by molar-refractivity contribution is -0.143. The number of aliphatic carboxylic acids is 1. The highest BCUT2D eigenvalue weighted by Crippen LogP contribution is 2.17. The largest absolute Gasteiger partial charge is 0.481 e. The van der Waals surface area contributed by atoms with Crippen LogP contribution in [0.2, 0.25) is 0 Å². The van der Waals surface area contributed by atoms with Gasteiger partial charge in [-0.25, -0.2) is 4.79 Å². The predicted molar refractivity (Wildman–Crippen MR) is 66.4 cm³/mol. The number of likely N-dealkylation sites (tertiary alicyclic amines) is 1. The van der Waals surface area contributed by atoms with Gasteiger partial charge in [0.05, 0.1) is 18.1 Å². The smallest absolute Gasteiger partial charge is 0.317 e. The highest BCUT2D eigenvalue weighted by atomic mass is 16.5. The molecule has 0 spiro atoms. The fourth-order valence-corrected chi connectivity index (χ4v) is 2.13. The van der Waals surface area contributed by atoms with Crippen molar-refractivity contribution in [3.05, 3.63) is 0 Å². The minimum atomic E-state index is -0.830. The summed E-state index contributed by atoms with van der Waals surface area (Å²) in [6.45, 7) is 5.04. The number of hydrogen-bond donors (Lipinski definition) is 2. The molecule has 18 heavy (non-hydrogen) atoms. The Labute approximate surface area is 107 Å². The highest BCUT2D eigenvalue weighted by molar-refractivity contribution is 5.77. The molecule has 2 amide bonds. The molecular weight excluding hydrogens is 236 g/mol. The Kier molecular flexibility index (Phi) is 4.95. The minimum Gasteiger partial charge on any atom is -0.481 e. The van der Waals surface area contributed by atoms with E-state index in [2.05, 4.69) is 5.32 Å². The number of nitrogens with zero attached hydrogens (tertiary/aromatic N) is 1. The third-order valence-corrected chi connectivity index (χ3v) is 3.01. The van der Waals surface area contributed by atoms with E-state index in [0.717, 1.165) is 6.42 Å². The number of carboxylic acids is 1. The van der Waals surface area contributed by atoms with Crippen LogP contribution in [0, 0.1) is 5.92 Å². The van der Waals surface area contributed by atoms with Crippen LogP contribution in [0.3, 0.4) is 0 Å². The van der Waals surface area contributed by atoms with Crippen molar-refractivity contribution in [1.82, 2.24) is 10.2 Å². The monoisotopic (exact) mass is 258 g/mol. The van der Waals surface area contributed by atoms with E-state index < -0.39 is 17.4 Å². The summed E-state index contributed by atoms with van der Waals surface area (Å²) in [5.41, 5.74) is -0.456. The topological polar surface area (TPSA) is 78.9 Å². The number of carbonyl (C=O) groups excluding carboxylic acids is 1. The van der Waals surface area contributed by atoms with E-state index in [-0.39, 0.29) is 12.6 Å². The molecule has 104 valence electrons. The maximum atomic E-state index is 12.0. The molecule has 6 heteroatoms. The number of piperidine rings is 1. The second-order valence-electron chi connectivity index (χ2n) is 5.37. The number of methoxy groups -OCH3 is 1. The summed E-state index contributed by atoms with van der Waals surface area (Å²) < 4.78 is 5.03. The number of nitrogens with one attached hydrogen (secondary N) is 1. The summed E-state index contributed by atoms with van der Waals surface area (Å²) in [7, 11) is 1.58. The van der Waals surface area contributed by atoms with Gasteiger partial charge in [0.1, 0.15) is 0 Å². The fourth-order valence-electron chi connectivity index (χ4n) is 2.13. The molecule has 1 aliphatic rings. The Morgan fingerprint density at radius 3 is 2.72 bits per heavy atom. The first-order valence-electron chi connectivity index (χ1n) is 6.14. The lowest BCUT2D eigenvalue weighted by Crippen LogP contribution is -2.54. The molecule has 1 fully saturated rings. The molecule has 0 aliphatic carbocycles. The minimum absolute atomic E-state index is 0.219. The molecule has 1 rings (SSSR count). The van der Waals surface area contributed by atoms with Gasteiger partial charge in [0, 0.05) is 20.2 Å². The Balaban J connectivity index is 2.53. The summed E-state index contributed by atoms with van der Waals surface area (Å²) in [6, 6.07) is -0.219. The average molecular weight is 258 g/mol. The molecule has 1 aliphatic heterocycles. The van der Waals surface area contributed by atoms with Gasteiger partial charge in [-0.15, -0.1) is 0 Å². The van der Waals surface area contributed by atoms with Crippen molar-refractivity contribution in [3.8, 4) is 0 Å². The van der Waals surface area contributed by atoms with Crippen LogP contribution < -0.4 is 5.32 Å². The number of carboxylic acid groups (broad SMARTS) is 1. The van der Waals surface area contributed by atoms with Crippen molar-refractivity contribution in [2.24, 2.45) is 5.92 Å². The maximum absolute atomic E-state index is 12.0. The van der Waals surface area contributed by atoms with E-state index in [9.17, 15) is 9.59 Å². The van der Waals surface area contributed by atoms with Crippen molar-refractivity contribution >= 4 is 12.0 Å². The van der Waals surface area contributed by atoms with Crippen LogP contribution in [0.4, 0.5) is 4.79 Å². The van der Waals surface area contributed by atoms with E-state index in [1.807, 2.05) is 13.8 Å². The van der Waals surface area contributed by atoms with Gasteiger partial charge in [-0.05, 0) is 26.7 Å². The molecule has 2 N–H and O–H groups in total. The molecule has 1 saturated heterocycles. The van der Waals surface area contributed by atoms with Crippen LogP contribution in [-0.4, -0.2) is 54.4 Å². The summed E-state index contributed by atoms with van der Waals surface area (Å²) in [5.74, 6) is -1.28. The lowest BCUT2D eigenvalue weighted by Gasteiger charge is -2.34. The number of hydrogen-bond acceptors (Lipinski definition) is 3. The maximum Gasteiger partial charge on any atom is 0.317 e. The number of ether oxygens (including phenoxy) is 1. The van der Waals surface area contributed by atoms with Crippen LogP contribution >= 0.6 is 0 Å². The highest BCUT2D eigenvalue weighted by Gasteiger charge is 2.30. The molecule has 0 aromatic heterocycles. The van der Waals surface area contributed by atoms with Crippen molar-refractivity contribution in [3.63, 3.8) is 0 Å². The molecule has 1 unspecified atom stereocenters. The molecule has 0 aromatic carbocycles. The van der Waals surface area contributed by atoms with Crippen molar-refractivity contribution < 1.29 is 19.4 Å². The quantitative estimate of drug-likeness (QED) is 0.786. The van der Waals surface area contributed by atoms with Crippen molar-refractivity contribution in [2.45, 2.75) is 32.2 Å². The third kappa shape index (κ3) is 4.18.